The first-order valence-corrected chi connectivity index (χ1v) is 16.2. The normalized spacial score (nSPS) is 28.4. The number of hydrogen-bond donors (Lipinski definition) is 1. The van der Waals surface area contributed by atoms with Gasteiger partial charge in [-0.2, -0.15) is 0 Å². The van der Waals surface area contributed by atoms with E-state index in [2.05, 4.69) is 65.0 Å². The van der Waals surface area contributed by atoms with Gasteiger partial charge in [0.2, 0.25) is 0 Å². The van der Waals surface area contributed by atoms with Gasteiger partial charge in [0.15, 0.2) is 11.5 Å². The highest BCUT2D eigenvalue weighted by Gasteiger charge is 2.55. The number of aryl methyl sites for hydroxylation is 1. The van der Waals surface area contributed by atoms with Crippen LogP contribution in [-0.2, 0) is 27.9 Å². The number of benzene rings is 2. The molecule has 2 saturated carbocycles. The molecule has 5 nitrogen and oxygen atoms in total. The Morgan fingerprint density at radius 3 is 2.42 bits per heavy atom. The number of phenols is 1. The lowest BCUT2D eigenvalue weighted by Gasteiger charge is -2.58. The predicted molar refractivity (Wildman–Crippen MR) is 166 cm³/mol. The Morgan fingerprint density at radius 2 is 1.80 bits per heavy atom. The Kier molecular flexibility index (Phi) is 11.0. The number of phenolic OH excluding ortho intramolecular Hbond substituents is 1. The Hall–Kier alpha value is -1.60. The third-order valence-corrected chi connectivity index (χ3v) is 10.2. The van der Waals surface area contributed by atoms with Crippen LogP contribution in [0.1, 0.15) is 76.5 Å². The van der Waals surface area contributed by atoms with Gasteiger partial charge in [-0.15, -0.1) is 0 Å². The fourth-order valence-corrected chi connectivity index (χ4v) is 7.68. The van der Waals surface area contributed by atoms with Gasteiger partial charge in [0.05, 0.1) is 26.4 Å². The van der Waals surface area contributed by atoms with E-state index in [1.165, 1.54) is 30.5 Å². The van der Waals surface area contributed by atoms with E-state index >= 15 is 0 Å². The highest BCUT2D eigenvalue weighted by atomic mass is 79.9. The molecule has 5 atom stereocenters. The first kappa shape index (κ1) is 31.3. The topological polar surface area (TPSA) is 51.2 Å². The van der Waals surface area contributed by atoms with Gasteiger partial charge in [-0.05, 0) is 93.2 Å². The smallest absolute Gasteiger partial charge is 0.161 e. The van der Waals surface area contributed by atoms with Gasteiger partial charge in [0, 0.05) is 41.1 Å². The van der Waals surface area contributed by atoms with Gasteiger partial charge in [-0.1, -0.05) is 54.9 Å². The lowest BCUT2D eigenvalue weighted by atomic mass is 9.53. The molecule has 1 heterocycles. The van der Waals surface area contributed by atoms with Crippen LogP contribution in [-0.4, -0.2) is 56.1 Å². The second kappa shape index (κ2) is 14.0. The maximum Gasteiger partial charge on any atom is 0.161 e. The van der Waals surface area contributed by atoms with Crippen molar-refractivity contribution in [2.75, 3.05) is 33.9 Å². The second-order valence-corrected chi connectivity index (χ2v) is 12.7. The Morgan fingerprint density at radius 1 is 1.07 bits per heavy atom. The summed E-state index contributed by atoms with van der Waals surface area (Å²) in [5.74, 6) is 2.49. The number of rotatable bonds is 10. The SMILES string of the molecule is CC.CCc1ccc(OC)c(O)c1C12CCN(CC3CC3)C(C)C1C[C@H](COCc1ccc(Br)cc1)C(OC)C2. The van der Waals surface area contributed by atoms with Crippen LogP contribution >= 0.6 is 15.9 Å². The van der Waals surface area contributed by atoms with E-state index < -0.39 is 0 Å². The summed E-state index contributed by atoms with van der Waals surface area (Å²) in [6.45, 7) is 12.2. The van der Waals surface area contributed by atoms with E-state index in [1.54, 1.807) is 7.11 Å². The molecule has 1 saturated heterocycles. The molecule has 0 bridgehead atoms. The molecule has 2 aromatic carbocycles. The molecule has 0 radical (unpaired) electrons. The quantitative estimate of drug-likeness (QED) is 0.296. The van der Waals surface area contributed by atoms with Crippen LogP contribution in [0.3, 0.4) is 0 Å². The van der Waals surface area contributed by atoms with Crippen molar-refractivity contribution in [2.45, 2.75) is 90.4 Å². The third kappa shape index (κ3) is 6.56. The van der Waals surface area contributed by atoms with Crippen LogP contribution in [0.25, 0.3) is 0 Å². The minimum Gasteiger partial charge on any atom is -0.504 e. The molecule has 0 spiro atoms. The summed E-state index contributed by atoms with van der Waals surface area (Å²) in [6, 6.07) is 12.9. The van der Waals surface area contributed by atoms with Crippen LogP contribution in [0, 0.1) is 17.8 Å². The van der Waals surface area contributed by atoms with Gasteiger partial charge >= 0.3 is 0 Å². The second-order valence-electron chi connectivity index (χ2n) is 11.8. The van der Waals surface area contributed by atoms with Crippen molar-refractivity contribution in [1.82, 2.24) is 4.90 Å². The number of methoxy groups -OCH3 is 2. The fraction of sp³-hybridized carbons (Fsp3) is 0.647. The maximum absolute atomic E-state index is 11.6. The van der Waals surface area contributed by atoms with Gasteiger partial charge in [0.25, 0.3) is 0 Å². The minimum absolute atomic E-state index is 0.0775. The Labute approximate surface area is 250 Å². The summed E-state index contributed by atoms with van der Waals surface area (Å²) in [7, 11) is 3.50. The molecule has 1 N–H and O–H groups in total. The molecule has 3 fully saturated rings. The number of nitrogens with zero attached hydrogens (tertiary/aromatic N) is 1. The average molecular weight is 617 g/mol. The number of likely N-dealkylation sites (tertiary alicyclic amines) is 1. The lowest BCUT2D eigenvalue weighted by molar-refractivity contribution is -0.0989. The molecular formula is C34H50BrNO4. The molecule has 222 valence electrons. The number of fused-ring (bicyclic) bond motifs is 1. The minimum atomic E-state index is -0.147. The molecule has 1 aliphatic heterocycles. The van der Waals surface area contributed by atoms with E-state index in [0.717, 1.165) is 48.2 Å². The van der Waals surface area contributed by atoms with Crippen molar-refractivity contribution in [3.8, 4) is 11.5 Å². The Bertz CT molecular complexity index is 1090. The van der Waals surface area contributed by atoms with Crippen molar-refractivity contribution in [2.24, 2.45) is 17.8 Å². The maximum atomic E-state index is 11.6. The number of ether oxygens (including phenoxy) is 3. The Balaban J connectivity index is 0.00000181. The van der Waals surface area contributed by atoms with E-state index in [4.69, 9.17) is 14.2 Å². The van der Waals surface area contributed by atoms with Crippen molar-refractivity contribution < 1.29 is 19.3 Å². The molecule has 3 aliphatic rings. The van der Waals surface area contributed by atoms with Gasteiger partial charge in [0.1, 0.15) is 0 Å². The standard InChI is InChI=1S/C32H44BrNO4.C2H6/c1-5-24-10-13-28(36-3)31(35)30(24)32-14-15-34(18-22-6-7-22)21(2)27(32)16-25(29(17-32)37-4)20-38-19-23-8-11-26(33)12-9-23;1-2/h8-13,21-22,25,27,29,35H,5-7,14-20H2,1-4H3;1-2H3/t21?,25-,27?,29?,32?;/m1./s1. The van der Waals surface area contributed by atoms with Gasteiger partial charge in [-0.3, -0.25) is 0 Å². The largest absolute Gasteiger partial charge is 0.504 e. The summed E-state index contributed by atoms with van der Waals surface area (Å²) in [4.78, 5) is 2.73. The van der Waals surface area contributed by atoms with Crippen molar-refractivity contribution in [3.05, 3.63) is 57.6 Å². The van der Waals surface area contributed by atoms with Crippen LogP contribution in [0.5, 0.6) is 11.5 Å². The first-order valence-electron chi connectivity index (χ1n) is 15.4. The molecule has 0 aromatic heterocycles. The summed E-state index contributed by atoms with van der Waals surface area (Å²) >= 11 is 3.52. The predicted octanol–water partition coefficient (Wildman–Crippen LogP) is 7.75. The van der Waals surface area contributed by atoms with Crippen LogP contribution in [0.4, 0.5) is 0 Å². The highest BCUT2D eigenvalue weighted by molar-refractivity contribution is 9.10. The fourth-order valence-electron chi connectivity index (χ4n) is 7.42. The van der Waals surface area contributed by atoms with Crippen LogP contribution in [0.2, 0.25) is 0 Å². The zero-order chi connectivity index (χ0) is 28.9. The zero-order valence-electron chi connectivity index (χ0n) is 25.4. The van der Waals surface area contributed by atoms with E-state index in [9.17, 15) is 5.11 Å². The highest BCUT2D eigenvalue weighted by Crippen LogP contribution is 2.57. The summed E-state index contributed by atoms with van der Waals surface area (Å²) in [5, 5.41) is 11.6. The molecule has 2 aromatic rings. The van der Waals surface area contributed by atoms with Gasteiger partial charge in [-0.25, -0.2) is 0 Å². The van der Waals surface area contributed by atoms with Crippen molar-refractivity contribution >= 4 is 15.9 Å². The number of aromatic hydroxyl groups is 1. The van der Waals surface area contributed by atoms with E-state index in [-0.39, 0.29) is 11.5 Å². The van der Waals surface area contributed by atoms with Crippen LogP contribution < -0.4 is 4.74 Å². The van der Waals surface area contributed by atoms with E-state index in [0.29, 0.717) is 42.6 Å². The molecular weight excluding hydrogens is 566 g/mol. The first-order chi connectivity index (χ1) is 19.4. The monoisotopic (exact) mass is 615 g/mol. The summed E-state index contributed by atoms with van der Waals surface area (Å²) in [6.07, 6.45) is 6.67. The number of hydrogen-bond acceptors (Lipinski definition) is 5. The molecule has 40 heavy (non-hydrogen) atoms. The third-order valence-electron chi connectivity index (χ3n) is 9.69. The molecule has 0 amide bonds. The van der Waals surface area contributed by atoms with Crippen LogP contribution in [0.15, 0.2) is 40.9 Å². The molecule has 4 unspecified atom stereocenters. The number of piperidine rings is 1. The molecule has 5 rings (SSSR count). The van der Waals surface area contributed by atoms with Crippen molar-refractivity contribution in [3.63, 3.8) is 0 Å². The van der Waals surface area contributed by atoms with Crippen molar-refractivity contribution in [1.29, 1.82) is 0 Å². The van der Waals surface area contributed by atoms with Gasteiger partial charge < -0.3 is 24.2 Å². The number of halogens is 1. The average Bonchev–Trinajstić information content (AvgIpc) is 3.80. The summed E-state index contributed by atoms with van der Waals surface area (Å²) in [5.41, 5.74) is 3.38. The molecule has 6 heteroatoms. The summed E-state index contributed by atoms with van der Waals surface area (Å²) < 4.78 is 19.2. The van der Waals surface area contributed by atoms with E-state index in [1.807, 2.05) is 27.0 Å². The lowest BCUT2D eigenvalue weighted by Crippen LogP contribution is -2.60. The molecule has 2 aliphatic carbocycles. The zero-order valence-corrected chi connectivity index (χ0v) is 27.0.